The van der Waals surface area contributed by atoms with Crippen molar-refractivity contribution >= 4 is 17.3 Å². The van der Waals surface area contributed by atoms with Crippen LogP contribution in [-0.4, -0.2) is 11.6 Å². The van der Waals surface area contributed by atoms with Crippen molar-refractivity contribution in [3.05, 3.63) is 25.4 Å². The van der Waals surface area contributed by atoms with Crippen molar-refractivity contribution in [1.82, 2.24) is 0 Å². The molecule has 0 aromatic carbocycles. The summed E-state index contributed by atoms with van der Waals surface area (Å²) in [6, 6.07) is 0. The Kier molecular flexibility index (Phi) is 4.27. The second kappa shape index (κ2) is 4.60. The van der Waals surface area contributed by atoms with E-state index in [9.17, 15) is 0 Å². The van der Waals surface area contributed by atoms with E-state index in [4.69, 9.17) is 11.6 Å². The Morgan fingerprint density at radius 3 is 2.38 bits per heavy atom. The molecular formula is C6H8ClN. The highest BCUT2D eigenvalue weighted by Crippen LogP contribution is 1.84. The van der Waals surface area contributed by atoms with E-state index in [2.05, 4.69) is 18.2 Å². The first kappa shape index (κ1) is 7.44. The van der Waals surface area contributed by atoms with Gasteiger partial charge < -0.3 is 0 Å². The summed E-state index contributed by atoms with van der Waals surface area (Å²) in [6.07, 6.45) is 3.05. The Balaban J connectivity index is 3.84. The molecule has 0 aliphatic rings. The van der Waals surface area contributed by atoms with E-state index in [1.807, 2.05) is 0 Å². The van der Waals surface area contributed by atoms with Crippen molar-refractivity contribution in [2.45, 2.75) is 0 Å². The summed E-state index contributed by atoms with van der Waals surface area (Å²) in [5.74, 6) is 0.398. The predicted molar refractivity (Wildman–Crippen MR) is 38.5 cm³/mol. The molecule has 0 amide bonds. The van der Waals surface area contributed by atoms with Gasteiger partial charge in [-0.2, -0.15) is 0 Å². The van der Waals surface area contributed by atoms with Gasteiger partial charge in [0.25, 0.3) is 0 Å². The average molecular weight is 130 g/mol. The van der Waals surface area contributed by atoms with E-state index in [0.29, 0.717) is 5.88 Å². The predicted octanol–water partition coefficient (Wildman–Crippen LogP) is 2.00. The second-order valence-corrected chi connectivity index (χ2v) is 1.41. The molecule has 0 saturated carbocycles. The fourth-order valence-electron chi connectivity index (χ4n) is 0.259. The van der Waals surface area contributed by atoms with Gasteiger partial charge >= 0.3 is 0 Å². The molecule has 0 aromatic rings. The lowest BCUT2D eigenvalue weighted by Gasteiger charge is -1.86. The van der Waals surface area contributed by atoms with Gasteiger partial charge in [-0.05, 0) is 6.08 Å². The zero-order valence-electron chi connectivity index (χ0n) is 4.60. The van der Waals surface area contributed by atoms with Gasteiger partial charge in [0, 0.05) is 6.20 Å². The maximum absolute atomic E-state index is 5.40. The zero-order chi connectivity index (χ0) is 6.41. The second-order valence-electron chi connectivity index (χ2n) is 1.14. The van der Waals surface area contributed by atoms with Crippen LogP contribution in [-0.2, 0) is 0 Å². The highest BCUT2D eigenvalue weighted by molar-refractivity contribution is 6.30. The van der Waals surface area contributed by atoms with Crippen molar-refractivity contribution < 1.29 is 0 Å². The van der Waals surface area contributed by atoms with Gasteiger partial charge in [0.05, 0.1) is 11.6 Å². The molecule has 0 spiro atoms. The number of alkyl halides is 1. The fourth-order valence-corrected chi connectivity index (χ4v) is 0.437. The molecular weight excluding hydrogens is 122 g/mol. The van der Waals surface area contributed by atoms with Crippen molar-refractivity contribution in [1.29, 1.82) is 0 Å². The largest absolute Gasteiger partial charge is 0.261 e. The smallest absolute Gasteiger partial charge is 0.0647 e. The maximum atomic E-state index is 5.40. The Morgan fingerprint density at radius 2 is 2.25 bits per heavy atom. The Morgan fingerprint density at radius 1 is 1.62 bits per heavy atom. The lowest BCUT2D eigenvalue weighted by atomic mass is 10.4. The number of halogens is 1. The van der Waals surface area contributed by atoms with E-state index in [1.54, 1.807) is 6.08 Å². The number of hydrogen-bond donors (Lipinski definition) is 0. The molecule has 44 valence electrons. The molecule has 8 heavy (non-hydrogen) atoms. The van der Waals surface area contributed by atoms with Gasteiger partial charge in [0.2, 0.25) is 0 Å². The quantitative estimate of drug-likeness (QED) is 0.408. The molecule has 0 atom stereocenters. The summed E-state index contributed by atoms with van der Waals surface area (Å²) in [4.78, 5) is 3.79. The normalized spacial score (nSPS) is 10.9. The molecule has 0 fully saturated rings. The van der Waals surface area contributed by atoms with Crippen LogP contribution in [0.2, 0.25) is 0 Å². The molecule has 2 heteroatoms. The first-order valence-corrected chi connectivity index (χ1v) is 2.74. The summed E-state index contributed by atoms with van der Waals surface area (Å²) in [7, 11) is 0. The number of hydrogen-bond acceptors (Lipinski definition) is 1. The standard InChI is InChI=1S/C6H8ClN/c1-3-6(5-7)8-4-2/h3-4H,1-2,5H2. The highest BCUT2D eigenvalue weighted by Gasteiger charge is 1.83. The topological polar surface area (TPSA) is 12.4 Å². The lowest BCUT2D eigenvalue weighted by molar-refractivity contribution is 1.56. The minimum Gasteiger partial charge on any atom is -0.261 e. The molecule has 0 radical (unpaired) electrons. The van der Waals surface area contributed by atoms with Gasteiger partial charge in [-0.25, -0.2) is 0 Å². The highest BCUT2D eigenvalue weighted by atomic mass is 35.5. The van der Waals surface area contributed by atoms with Crippen LogP contribution in [0.25, 0.3) is 0 Å². The average Bonchev–Trinajstić information content (AvgIpc) is 1.83. The molecule has 0 aliphatic heterocycles. The number of nitrogens with zero attached hydrogens (tertiary/aromatic N) is 1. The number of allylic oxidation sites excluding steroid dienone is 1. The van der Waals surface area contributed by atoms with E-state index >= 15 is 0 Å². The van der Waals surface area contributed by atoms with E-state index in [-0.39, 0.29) is 0 Å². The van der Waals surface area contributed by atoms with Crippen LogP contribution < -0.4 is 0 Å². The van der Waals surface area contributed by atoms with E-state index in [0.717, 1.165) is 5.71 Å². The molecule has 0 aromatic heterocycles. The monoisotopic (exact) mass is 129 g/mol. The van der Waals surface area contributed by atoms with Crippen LogP contribution in [0.4, 0.5) is 0 Å². The van der Waals surface area contributed by atoms with Crippen LogP contribution in [0, 0.1) is 0 Å². The van der Waals surface area contributed by atoms with Crippen LogP contribution in [0.15, 0.2) is 30.4 Å². The minimum absolute atomic E-state index is 0.398. The Bertz CT molecular complexity index is 116. The third kappa shape index (κ3) is 2.59. The van der Waals surface area contributed by atoms with Gasteiger partial charge in [-0.1, -0.05) is 13.2 Å². The summed E-state index contributed by atoms with van der Waals surface area (Å²) in [5, 5.41) is 0. The molecule has 1 nitrogen and oxygen atoms in total. The van der Waals surface area contributed by atoms with Crippen LogP contribution in [0.3, 0.4) is 0 Å². The Labute approximate surface area is 54.4 Å². The first-order chi connectivity index (χ1) is 3.85. The van der Waals surface area contributed by atoms with Crippen molar-refractivity contribution in [3.63, 3.8) is 0 Å². The summed E-state index contributed by atoms with van der Waals surface area (Å²) in [5.41, 5.74) is 0.752. The SMILES string of the molecule is C=CN=C(C=C)CCl. The summed E-state index contributed by atoms with van der Waals surface area (Å²) in [6.45, 7) is 6.89. The zero-order valence-corrected chi connectivity index (χ0v) is 5.36. The molecule has 0 rings (SSSR count). The number of rotatable bonds is 3. The van der Waals surface area contributed by atoms with Crippen LogP contribution >= 0.6 is 11.6 Å². The molecule has 0 saturated heterocycles. The molecule has 0 heterocycles. The van der Waals surface area contributed by atoms with Crippen molar-refractivity contribution in [2.24, 2.45) is 4.99 Å². The van der Waals surface area contributed by atoms with E-state index in [1.165, 1.54) is 6.20 Å². The third-order valence-electron chi connectivity index (χ3n) is 0.630. The Hall–Kier alpha value is -0.560. The minimum atomic E-state index is 0.398. The lowest BCUT2D eigenvalue weighted by Crippen LogP contribution is -1.91. The summed E-state index contributed by atoms with van der Waals surface area (Å²) < 4.78 is 0. The summed E-state index contributed by atoms with van der Waals surface area (Å²) >= 11 is 5.40. The van der Waals surface area contributed by atoms with E-state index < -0.39 is 0 Å². The van der Waals surface area contributed by atoms with Gasteiger partial charge in [0.1, 0.15) is 0 Å². The molecule has 0 N–H and O–H groups in total. The number of aliphatic imine (C=N–C) groups is 1. The van der Waals surface area contributed by atoms with Gasteiger partial charge in [-0.3, -0.25) is 4.99 Å². The molecule has 0 aliphatic carbocycles. The van der Waals surface area contributed by atoms with Gasteiger partial charge in [-0.15, -0.1) is 11.6 Å². The third-order valence-corrected chi connectivity index (χ3v) is 0.903. The van der Waals surface area contributed by atoms with Crippen molar-refractivity contribution in [3.8, 4) is 0 Å². The maximum Gasteiger partial charge on any atom is 0.0647 e. The van der Waals surface area contributed by atoms with Crippen LogP contribution in [0.1, 0.15) is 0 Å². The fraction of sp³-hybridized carbons (Fsp3) is 0.167. The first-order valence-electron chi connectivity index (χ1n) is 2.21. The molecule has 0 bridgehead atoms. The van der Waals surface area contributed by atoms with Crippen LogP contribution in [0.5, 0.6) is 0 Å². The van der Waals surface area contributed by atoms with Crippen molar-refractivity contribution in [2.75, 3.05) is 5.88 Å². The van der Waals surface area contributed by atoms with Gasteiger partial charge in [0.15, 0.2) is 0 Å². The molecule has 0 unspecified atom stereocenters.